The number of hydrogen-bond donors (Lipinski definition) is 2. The molecule has 0 bridgehead atoms. The third-order valence-corrected chi connectivity index (χ3v) is 6.14. The molecule has 0 aliphatic rings. The zero-order valence-corrected chi connectivity index (χ0v) is 20.8. The van der Waals surface area contributed by atoms with Gasteiger partial charge in [0.2, 0.25) is 0 Å². The van der Waals surface area contributed by atoms with Gasteiger partial charge in [-0.3, -0.25) is 4.79 Å². The maximum Gasteiger partial charge on any atom is 0.316 e. The lowest BCUT2D eigenvalue weighted by Gasteiger charge is -2.26. The molecular formula is C29H42O5. The van der Waals surface area contributed by atoms with E-state index in [4.69, 9.17) is 14.6 Å². The van der Waals surface area contributed by atoms with Crippen LogP contribution in [0.2, 0.25) is 0 Å². The summed E-state index contributed by atoms with van der Waals surface area (Å²) in [7, 11) is 0. The molecule has 2 N–H and O–H groups in total. The number of unbranched alkanes of at least 4 members (excludes halogenated alkanes) is 5. The minimum Gasteiger partial charge on any atom is -0.426 e. The second kappa shape index (κ2) is 16.4. The van der Waals surface area contributed by atoms with E-state index in [2.05, 4.69) is 19.1 Å². The van der Waals surface area contributed by atoms with Crippen LogP contribution in [0.25, 0.3) is 0 Å². The maximum absolute atomic E-state index is 13.0. The third-order valence-electron chi connectivity index (χ3n) is 6.14. The van der Waals surface area contributed by atoms with Gasteiger partial charge in [0, 0.05) is 0 Å². The van der Waals surface area contributed by atoms with E-state index in [9.17, 15) is 9.90 Å². The Morgan fingerprint density at radius 3 is 2.18 bits per heavy atom. The predicted molar refractivity (Wildman–Crippen MR) is 136 cm³/mol. The summed E-state index contributed by atoms with van der Waals surface area (Å²) < 4.78 is 11.6. The summed E-state index contributed by atoms with van der Waals surface area (Å²) in [6.07, 6.45) is 7.76. The van der Waals surface area contributed by atoms with Crippen molar-refractivity contribution in [3.05, 3.63) is 65.7 Å². The number of hydrogen-bond acceptors (Lipinski definition) is 5. The van der Waals surface area contributed by atoms with Crippen molar-refractivity contribution in [3.8, 4) is 5.75 Å². The van der Waals surface area contributed by atoms with E-state index in [1.807, 2.05) is 49.4 Å². The molecule has 0 spiro atoms. The van der Waals surface area contributed by atoms with Gasteiger partial charge in [-0.15, -0.1) is 0 Å². The molecule has 5 nitrogen and oxygen atoms in total. The highest BCUT2D eigenvalue weighted by atomic mass is 16.5. The second-order valence-corrected chi connectivity index (χ2v) is 9.01. The van der Waals surface area contributed by atoms with E-state index in [1.165, 1.54) is 31.2 Å². The van der Waals surface area contributed by atoms with Crippen LogP contribution in [0.4, 0.5) is 0 Å². The first-order chi connectivity index (χ1) is 16.6. The van der Waals surface area contributed by atoms with Crippen molar-refractivity contribution in [2.24, 2.45) is 5.92 Å². The molecular weight excluding hydrogens is 428 g/mol. The lowest BCUT2D eigenvalue weighted by molar-refractivity contribution is -0.147. The summed E-state index contributed by atoms with van der Waals surface area (Å²) in [6.45, 7) is 3.80. The molecule has 5 heteroatoms. The van der Waals surface area contributed by atoms with Crippen LogP contribution in [-0.2, 0) is 16.0 Å². The molecule has 0 amide bonds. The SMILES string of the molecule is CCCCCCCCC(OCC(O)CO)C(CC)C(=O)Oc1ccc(Cc2ccccc2)cc1. The summed E-state index contributed by atoms with van der Waals surface area (Å²) >= 11 is 0. The van der Waals surface area contributed by atoms with Gasteiger partial charge in [0.1, 0.15) is 11.9 Å². The Morgan fingerprint density at radius 1 is 0.882 bits per heavy atom. The normalized spacial score (nSPS) is 13.9. The van der Waals surface area contributed by atoms with E-state index < -0.39 is 12.0 Å². The first kappa shape index (κ1) is 28.0. The van der Waals surface area contributed by atoms with Crippen LogP contribution in [-0.4, -0.2) is 41.6 Å². The van der Waals surface area contributed by atoms with Crippen molar-refractivity contribution in [2.45, 2.75) is 83.8 Å². The monoisotopic (exact) mass is 470 g/mol. The highest BCUT2D eigenvalue weighted by Crippen LogP contribution is 2.23. The predicted octanol–water partition coefficient (Wildman–Crippen LogP) is 5.70. The Balaban J connectivity index is 1.95. The van der Waals surface area contributed by atoms with Crippen molar-refractivity contribution >= 4 is 5.97 Å². The van der Waals surface area contributed by atoms with Crippen LogP contribution in [0.1, 0.15) is 76.3 Å². The van der Waals surface area contributed by atoms with Crippen LogP contribution < -0.4 is 4.74 Å². The van der Waals surface area contributed by atoms with E-state index in [-0.39, 0.29) is 25.3 Å². The highest BCUT2D eigenvalue weighted by Gasteiger charge is 2.29. The van der Waals surface area contributed by atoms with E-state index in [0.29, 0.717) is 12.2 Å². The van der Waals surface area contributed by atoms with Gasteiger partial charge < -0.3 is 19.7 Å². The topological polar surface area (TPSA) is 76.0 Å². The van der Waals surface area contributed by atoms with Gasteiger partial charge in [-0.1, -0.05) is 94.8 Å². The Kier molecular flexibility index (Phi) is 13.5. The van der Waals surface area contributed by atoms with Crippen molar-refractivity contribution in [3.63, 3.8) is 0 Å². The number of carbonyl (C=O) groups excluding carboxylic acids is 1. The number of rotatable bonds is 17. The second-order valence-electron chi connectivity index (χ2n) is 9.01. The van der Waals surface area contributed by atoms with Crippen LogP contribution in [0, 0.1) is 5.92 Å². The van der Waals surface area contributed by atoms with E-state index in [1.54, 1.807) is 0 Å². The van der Waals surface area contributed by atoms with Gasteiger partial charge in [-0.2, -0.15) is 0 Å². The van der Waals surface area contributed by atoms with Crippen molar-refractivity contribution in [2.75, 3.05) is 13.2 Å². The number of aliphatic hydroxyl groups excluding tert-OH is 2. The number of aliphatic hydroxyl groups is 2. The Labute approximate surface area is 205 Å². The largest absolute Gasteiger partial charge is 0.426 e. The van der Waals surface area contributed by atoms with Crippen molar-refractivity contribution in [1.82, 2.24) is 0 Å². The molecule has 2 aromatic carbocycles. The molecule has 3 atom stereocenters. The smallest absolute Gasteiger partial charge is 0.316 e. The van der Waals surface area contributed by atoms with Crippen LogP contribution in [0.5, 0.6) is 5.75 Å². The fourth-order valence-corrected chi connectivity index (χ4v) is 4.09. The molecule has 0 aromatic heterocycles. The number of benzene rings is 2. The first-order valence-corrected chi connectivity index (χ1v) is 12.8. The summed E-state index contributed by atoms with van der Waals surface area (Å²) in [5, 5.41) is 18.9. The van der Waals surface area contributed by atoms with Gasteiger partial charge in [-0.05, 0) is 42.5 Å². The molecule has 0 fully saturated rings. The molecule has 0 radical (unpaired) electrons. The van der Waals surface area contributed by atoms with Crippen molar-refractivity contribution in [1.29, 1.82) is 0 Å². The molecule has 2 rings (SSSR count). The quantitative estimate of drug-likeness (QED) is 0.176. The number of ether oxygens (including phenoxy) is 2. The van der Waals surface area contributed by atoms with Crippen molar-refractivity contribution < 1.29 is 24.5 Å². The molecule has 3 unspecified atom stereocenters. The lowest BCUT2D eigenvalue weighted by Crippen LogP contribution is -2.35. The Morgan fingerprint density at radius 2 is 1.53 bits per heavy atom. The van der Waals surface area contributed by atoms with Gasteiger partial charge in [0.15, 0.2) is 0 Å². The summed E-state index contributed by atoms with van der Waals surface area (Å²) in [5.74, 6) is -0.215. The maximum atomic E-state index is 13.0. The summed E-state index contributed by atoms with van der Waals surface area (Å²) in [5.41, 5.74) is 2.39. The van der Waals surface area contributed by atoms with E-state index in [0.717, 1.165) is 31.2 Å². The minimum absolute atomic E-state index is 0.00889. The minimum atomic E-state index is -0.947. The van der Waals surface area contributed by atoms with Gasteiger partial charge in [0.25, 0.3) is 0 Å². The lowest BCUT2D eigenvalue weighted by atomic mass is 9.94. The Hall–Kier alpha value is -2.21. The zero-order valence-electron chi connectivity index (χ0n) is 20.8. The first-order valence-electron chi connectivity index (χ1n) is 12.8. The molecule has 0 saturated carbocycles. The fraction of sp³-hybridized carbons (Fsp3) is 0.552. The highest BCUT2D eigenvalue weighted by molar-refractivity contribution is 5.75. The molecule has 188 valence electrons. The van der Waals surface area contributed by atoms with Gasteiger partial charge >= 0.3 is 5.97 Å². The number of esters is 1. The molecule has 0 saturated heterocycles. The van der Waals surface area contributed by atoms with Crippen LogP contribution >= 0.6 is 0 Å². The number of carbonyl (C=O) groups is 1. The van der Waals surface area contributed by atoms with Crippen LogP contribution in [0.15, 0.2) is 54.6 Å². The third kappa shape index (κ3) is 10.4. The fourth-order valence-electron chi connectivity index (χ4n) is 4.09. The molecule has 2 aromatic rings. The van der Waals surface area contributed by atoms with Gasteiger partial charge in [0.05, 0.1) is 25.2 Å². The van der Waals surface area contributed by atoms with E-state index >= 15 is 0 Å². The molecule has 34 heavy (non-hydrogen) atoms. The molecule has 0 heterocycles. The zero-order chi connectivity index (χ0) is 24.6. The Bertz CT molecular complexity index is 790. The summed E-state index contributed by atoms with van der Waals surface area (Å²) in [6, 6.07) is 17.9. The van der Waals surface area contributed by atoms with Crippen LogP contribution in [0.3, 0.4) is 0 Å². The average Bonchev–Trinajstić information content (AvgIpc) is 2.86. The standard InChI is InChI=1S/C29H42O5/c1-3-5-6-7-8-12-15-28(33-22-25(31)21-30)27(4-2)29(32)34-26-18-16-24(17-19-26)20-23-13-10-9-11-14-23/h9-11,13-14,16-19,25,27-28,30-31H,3-8,12,15,20-22H2,1-2H3. The summed E-state index contributed by atoms with van der Waals surface area (Å²) in [4.78, 5) is 13.0. The van der Waals surface area contributed by atoms with Gasteiger partial charge in [-0.25, -0.2) is 0 Å². The molecule has 0 aliphatic carbocycles. The average molecular weight is 471 g/mol. The molecule has 0 aliphatic heterocycles.